The van der Waals surface area contributed by atoms with E-state index in [4.69, 9.17) is 5.73 Å². The number of anilines is 1. The van der Waals surface area contributed by atoms with E-state index in [0.29, 0.717) is 18.5 Å². The van der Waals surface area contributed by atoms with E-state index in [0.717, 1.165) is 0 Å². The van der Waals surface area contributed by atoms with Crippen molar-refractivity contribution in [3.8, 4) is 0 Å². The van der Waals surface area contributed by atoms with Gasteiger partial charge in [-0.15, -0.1) is 0 Å². The number of aromatic nitrogens is 2. The minimum atomic E-state index is -2.63. The van der Waals surface area contributed by atoms with Gasteiger partial charge in [0, 0.05) is 12.6 Å². The molecule has 3 nitrogen and oxygen atoms in total. The summed E-state index contributed by atoms with van der Waals surface area (Å²) in [4.78, 5) is 0. The lowest BCUT2D eigenvalue weighted by Gasteiger charge is -2.18. The average Bonchev–Trinajstić information content (AvgIpc) is 2.56. The Labute approximate surface area is 74.5 Å². The molecule has 2 rings (SSSR count). The molecule has 72 valence electrons. The zero-order chi connectivity index (χ0) is 9.47. The van der Waals surface area contributed by atoms with E-state index in [9.17, 15) is 8.78 Å². The van der Waals surface area contributed by atoms with Crippen LogP contribution in [0.3, 0.4) is 0 Å². The number of alkyl halides is 2. The Balaban J connectivity index is 2.26. The molecule has 0 aromatic carbocycles. The van der Waals surface area contributed by atoms with Crippen molar-refractivity contribution in [2.24, 2.45) is 0 Å². The maximum Gasteiger partial charge on any atom is 0.270 e. The van der Waals surface area contributed by atoms with Crippen LogP contribution in [0.1, 0.15) is 25.3 Å². The molecule has 1 heterocycles. The molecule has 1 aliphatic rings. The monoisotopic (exact) mass is 187 g/mol. The lowest BCUT2D eigenvalue weighted by atomic mass is 10.2. The number of hydrogen-bond donors (Lipinski definition) is 1. The minimum Gasteiger partial charge on any atom is -0.396 e. The van der Waals surface area contributed by atoms with Crippen molar-refractivity contribution in [2.75, 3.05) is 5.73 Å². The summed E-state index contributed by atoms with van der Waals surface area (Å²) >= 11 is 0. The van der Waals surface area contributed by atoms with Crippen LogP contribution in [0.4, 0.5) is 14.5 Å². The fourth-order valence-electron chi connectivity index (χ4n) is 1.76. The van der Waals surface area contributed by atoms with Gasteiger partial charge in [-0.3, -0.25) is 4.68 Å². The molecule has 0 radical (unpaired) electrons. The summed E-state index contributed by atoms with van der Waals surface area (Å²) in [7, 11) is 0. The van der Waals surface area contributed by atoms with Crippen LogP contribution in [0.2, 0.25) is 0 Å². The molecule has 0 bridgehead atoms. The Kier molecular flexibility index (Phi) is 1.75. The zero-order valence-corrected chi connectivity index (χ0v) is 7.08. The van der Waals surface area contributed by atoms with Gasteiger partial charge in [-0.25, -0.2) is 8.78 Å². The molecule has 1 aliphatic carbocycles. The highest BCUT2D eigenvalue weighted by molar-refractivity contribution is 5.30. The molecule has 1 aromatic heterocycles. The number of rotatable bonds is 1. The lowest BCUT2D eigenvalue weighted by Crippen LogP contribution is -2.25. The van der Waals surface area contributed by atoms with Crippen LogP contribution in [-0.2, 0) is 0 Å². The normalized spacial score (nSPS) is 26.5. The van der Waals surface area contributed by atoms with Crippen LogP contribution in [0, 0.1) is 0 Å². The summed E-state index contributed by atoms with van der Waals surface area (Å²) in [5.41, 5.74) is 5.84. The summed E-state index contributed by atoms with van der Waals surface area (Å²) in [6, 6.07) is -0.801. The van der Waals surface area contributed by atoms with Crippen LogP contribution in [0.5, 0.6) is 0 Å². The van der Waals surface area contributed by atoms with Crippen molar-refractivity contribution in [1.82, 2.24) is 9.78 Å². The van der Waals surface area contributed by atoms with Crippen LogP contribution in [0.25, 0.3) is 0 Å². The van der Waals surface area contributed by atoms with E-state index in [1.54, 1.807) is 0 Å². The molecule has 2 N–H and O–H groups in total. The van der Waals surface area contributed by atoms with Gasteiger partial charge in [0.05, 0.1) is 11.9 Å². The van der Waals surface area contributed by atoms with E-state index in [1.165, 1.54) is 17.1 Å². The first kappa shape index (κ1) is 8.47. The maximum absolute atomic E-state index is 13.2. The second kappa shape index (κ2) is 2.68. The smallest absolute Gasteiger partial charge is 0.270 e. The van der Waals surface area contributed by atoms with Gasteiger partial charge in [0.2, 0.25) is 0 Å². The first-order chi connectivity index (χ1) is 6.09. The molecule has 1 aromatic rings. The molecule has 0 aliphatic heterocycles. The summed E-state index contributed by atoms with van der Waals surface area (Å²) in [6.45, 7) is 0. The summed E-state index contributed by atoms with van der Waals surface area (Å²) < 4.78 is 27.7. The Bertz CT molecular complexity index is 308. The van der Waals surface area contributed by atoms with Crippen LogP contribution in [-0.4, -0.2) is 15.7 Å². The van der Waals surface area contributed by atoms with Crippen molar-refractivity contribution >= 4 is 5.69 Å². The second-order valence-electron chi connectivity index (χ2n) is 3.42. The highest BCUT2D eigenvalue weighted by Crippen LogP contribution is 2.43. The van der Waals surface area contributed by atoms with E-state index in [-0.39, 0.29) is 6.42 Å². The first-order valence-electron chi connectivity index (χ1n) is 4.27. The Hall–Kier alpha value is -1.13. The van der Waals surface area contributed by atoms with Gasteiger partial charge in [-0.05, 0) is 12.8 Å². The molecule has 1 fully saturated rings. The molecule has 0 spiro atoms. The largest absolute Gasteiger partial charge is 0.396 e. The predicted molar refractivity (Wildman–Crippen MR) is 44.5 cm³/mol. The topological polar surface area (TPSA) is 43.8 Å². The third-order valence-corrected chi connectivity index (χ3v) is 2.42. The molecule has 0 amide bonds. The van der Waals surface area contributed by atoms with E-state index < -0.39 is 12.0 Å². The van der Waals surface area contributed by atoms with E-state index in [1.807, 2.05) is 0 Å². The second-order valence-corrected chi connectivity index (χ2v) is 3.42. The minimum absolute atomic E-state index is 0.0442. The number of nitrogen functional groups attached to an aromatic ring is 1. The van der Waals surface area contributed by atoms with Gasteiger partial charge in [0.25, 0.3) is 5.92 Å². The Morgan fingerprint density at radius 1 is 1.62 bits per heavy atom. The average molecular weight is 187 g/mol. The van der Waals surface area contributed by atoms with Gasteiger partial charge in [-0.2, -0.15) is 5.10 Å². The van der Waals surface area contributed by atoms with Crippen LogP contribution < -0.4 is 5.73 Å². The predicted octanol–water partition coefficient (Wildman–Crippen LogP) is 1.83. The van der Waals surface area contributed by atoms with Gasteiger partial charge >= 0.3 is 0 Å². The van der Waals surface area contributed by atoms with Gasteiger partial charge in [-0.1, -0.05) is 0 Å². The molecule has 1 saturated carbocycles. The summed E-state index contributed by atoms with van der Waals surface area (Å²) in [5.74, 6) is -2.63. The highest BCUT2D eigenvalue weighted by atomic mass is 19.3. The van der Waals surface area contributed by atoms with E-state index >= 15 is 0 Å². The Morgan fingerprint density at radius 2 is 2.38 bits per heavy atom. The molecule has 5 heteroatoms. The molecule has 13 heavy (non-hydrogen) atoms. The fraction of sp³-hybridized carbons (Fsp3) is 0.625. The molecule has 1 atom stereocenters. The molecular weight excluding hydrogens is 176 g/mol. The zero-order valence-electron chi connectivity index (χ0n) is 7.08. The summed E-state index contributed by atoms with van der Waals surface area (Å²) in [5, 5.41) is 3.81. The quantitative estimate of drug-likeness (QED) is 0.728. The first-order valence-corrected chi connectivity index (χ1v) is 4.27. The number of hydrogen-bond acceptors (Lipinski definition) is 2. The van der Waals surface area contributed by atoms with Gasteiger partial charge < -0.3 is 5.73 Å². The van der Waals surface area contributed by atoms with Crippen LogP contribution in [0.15, 0.2) is 12.4 Å². The van der Waals surface area contributed by atoms with Gasteiger partial charge in [0.15, 0.2) is 0 Å². The standard InChI is InChI=1S/C8H11F2N3/c9-8(10)3-1-2-7(8)13-5-6(11)4-12-13/h4-5,7H,1-3,11H2. The third-order valence-electron chi connectivity index (χ3n) is 2.42. The summed E-state index contributed by atoms with van der Waals surface area (Å²) in [6.07, 6.45) is 3.85. The van der Waals surface area contributed by atoms with Crippen molar-refractivity contribution in [3.05, 3.63) is 12.4 Å². The Morgan fingerprint density at radius 3 is 2.85 bits per heavy atom. The van der Waals surface area contributed by atoms with E-state index in [2.05, 4.69) is 5.10 Å². The number of halogens is 2. The molecule has 0 saturated heterocycles. The maximum atomic E-state index is 13.2. The van der Waals surface area contributed by atoms with Crippen molar-refractivity contribution < 1.29 is 8.78 Å². The number of nitrogens with two attached hydrogens (primary N) is 1. The molecule has 1 unspecified atom stereocenters. The lowest BCUT2D eigenvalue weighted by molar-refractivity contribution is -0.0343. The third kappa shape index (κ3) is 1.38. The van der Waals surface area contributed by atoms with Crippen molar-refractivity contribution in [1.29, 1.82) is 0 Å². The van der Waals surface area contributed by atoms with Crippen molar-refractivity contribution in [3.63, 3.8) is 0 Å². The fourth-order valence-corrected chi connectivity index (χ4v) is 1.76. The van der Waals surface area contributed by atoms with Crippen molar-refractivity contribution in [2.45, 2.75) is 31.2 Å². The SMILES string of the molecule is Nc1cnn(C2CCCC2(F)F)c1. The molecular formula is C8H11F2N3. The highest BCUT2D eigenvalue weighted by Gasteiger charge is 2.45. The number of nitrogens with zero attached hydrogens (tertiary/aromatic N) is 2. The van der Waals surface area contributed by atoms with Gasteiger partial charge in [0.1, 0.15) is 6.04 Å². The van der Waals surface area contributed by atoms with Crippen LogP contribution >= 0.6 is 0 Å².